The fraction of sp³-hybridized carbons (Fsp3) is 0.471. The minimum atomic E-state index is 0.151. The van der Waals surface area contributed by atoms with Gasteiger partial charge in [0.2, 0.25) is 0 Å². The lowest BCUT2D eigenvalue weighted by Gasteiger charge is -2.31. The molecule has 2 bridgehead atoms. The first-order chi connectivity index (χ1) is 9.65. The second-order valence-electron chi connectivity index (χ2n) is 5.87. The Morgan fingerprint density at radius 1 is 1.25 bits per heavy atom. The third-order valence-corrected chi connectivity index (χ3v) is 4.02. The predicted molar refractivity (Wildman–Crippen MR) is 78.9 cm³/mol. The van der Waals surface area contributed by atoms with E-state index in [-0.39, 0.29) is 12.0 Å². The van der Waals surface area contributed by atoms with Crippen molar-refractivity contribution in [1.29, 1.82) is 0 Å². The summed E-state index contributed by atoms with van der Waals surface area (Å²) in [4.78, 5) is 14.7. The number of fused-ring (bicyclic) bond motifs is 2. The summed E-state index contributed by atoms with van der Waals surface area (Å²) in [6, 6.07) is 8.20. The average Bonchev–Trinajstić information content (AvgIpc) is 2.67. The third kappa shape index (κ3) is 2.45. The summed E-state index contributed by atoms with van der Waals surface area (Å²) in [7, 11) is 0. The lowest BCUT2D eigenvalue weighted by atomic mass is 10.1. The molecule has 0 aromatic heterocycles. The van der Waals surface area contributed by atoms with Gasteiger partial charge in [0.15, 0.2) is 0 Å². The van der Waals surface area contributed by atoms with Crippen molar-refractivity contribution in [2.24, 2.45) is 0 Å². The molecule has 2 atom stereocenters. The van der Waals surface area contributed by atoms with E-state index in [0.29, 0.717) is 12.1 Å². The van der Waals surface area contributed by atoms with Crippen molar-refractivity contribution in [3.8, 4) is 5.75 Å². The number of nitrogens with zero attached hydrogens (tertiary/aromatic N) is 1. The molecule has 0 radical (unpaired) electrons. The van der Waals surface area contributed by atoms with Crippen LogP contribution in [0.2, 0.25) is 0 Å². The number of ether oxygens (including phenoxy) is 1. The van der Waals surface area contributed by atoms with Crippen LogP contribution >= 0.6 is 0 Å². The minimum absolute atomic E-state index is 0.151. The Kier molecular flexibility index (Phi) is 3.51. The highest BCUT2D eigenvalue weighted by Crippen LogP contribution is 2.33. The predicted octanol–water partition coefficient (Wildman–Crippen LogP) is 3.41. The van der Waals surface area contributed by atoms with E-state index < -0.39 is 0 Å². The van der Waals surface area contributed by atoms with Crippen molar-refractivity contribution in [1.82, 2.24) is 4.90 Å². The van der Waals surface area contributed by atoms with Crippen LogP contribution in [0.15, 0.2) is 36.4 Å². The topological polar surface area (TPSA) is 29.5 Å². The van der Waals surface area contributed by atoms with Gasteiger partial charge < -0.3 is 9.64 Å². The van der Waals surface area contributed by atoms with E-state index in [1.54, 1.807) is 0 Å². The molecule has 2 heterocycles. The molecule has 2 unspecified atom stereocenters. The van der Waals surface area contributed by atoms with Gasteiger partial charge in [-0.15, -0.1) is 0 Å². The standard InChI is InChI=1S/C17H21NO2/c1-12(2)20-16-10-6-13(7-11-16)17(19)18-14-4-3-5-15(18)9-8-14/h3-4,6-7,10-12,14-15H,5,8-9H2,1-2H3. The zero-order valence-corrected chi connectivity index (χ0v) is 12.1. The van der Waals surface area contributed by atoms with Gasteiger partial charge in [-0.3, -0.25) is 4.79 Å². The number of amides is 1. The molecular formula is C17H21NO2. The SMILES string of the molecule is CC(C)Oc1ccc(C(=O)N2C3C=CCC2CC3)cc1. The van der Waals surface area contributed by atoms with Gasteiger partial charge in [-0.1, -0.05) is 12.2 Å². The van der Waals surface area contributed by atoms with Gasteiger partial charge in [0.1, 0.15) is 5.75 Å². The van der Waals surface area contributed by atoms with Crippen LogP contribution in [-0.4, -0.2) is 29.0 Å². The summed E-state index contributed by atoms with van der Waals surface area (Å²) in [6.07, 6.45) is 7.76. The van der Waals surface area contributed by atoms with Gasteiger partial charge in [0.25, 0.3) is 5.91 Å². The Balaban J connectivity index is 1.76. The quantitative estimate of drug-likeness (QED) is 0.788. The molecule has 3 nitrogen and oxygen atoms in total. The van der Waals surface area contributed by atoms with Gasteiger partial charge in [-0.2, -0.15) is 0 Å². The molecule has 3 heteroatoms. The molecule has 2 aliphatic rings. The first kappa shape index (κ1) is 13.2. The highest BCUT2D eigenvalue weighted by Gasteiger charge is 2.37. The summed E-state index contributed by atoms with van der Waals surface area (Å²) in [5, 5.41) is 0. The molecule has 20 heavy (non-hydrogen) atoms. The van der Waals surface area contributed by atoms with Gasteiger partial charge in [-0.05, 0) is 57.4 Å². The first-order valence-corrected chi connectivity index (χ1v) is 7.41. The molecule has 0 saturated carbocycles. The van der Waals surface area contributed by atoms with Gasteiger partial charge in [0, 0.05) is 11.6 Å². The molecule has 106 valence electrons. The second-order valence-corrected chi connectivity index (χ2v) is 5.87. The van der Waals surface area contributed by atoms with Gasteiger partial charge in [-0.25, -0.2) is 0 Å². The van der Waals surface area contributed by atoms with E-state index in [1.165, 1.54) is 0 Å². The smallest absolute Gasteiger partial charge is 0.254 e. The second kappa shape index (κ2) is 5.31. The Morgan fingerprint density at radius 3 is 2.65 bits per heavy atom. The number of carbonyl (C=O) groups is 1. The highest BCUT2D eigenvalue weighted by atomic mass is 16.5. The summed E-state index contributed by atoms with van der Waals surface area (Å²) >= 11 is 0. The molecule has 2 aliphatic heterocycles. The molecule has 1 fully saturated rings. The van der Waals surface area contributed by atoms with Crippen molar-refractivity contribution in [2.75, 3.05) is 0 Å². The third-order valence-electron chi connectivity index (χ3n) is 4.02. The monoisotopic (exact) mass is 271 g/mol. The normalized spacial score (nSPS) is 24.2. The molecule has 0 aliphatic carbocycles. The summed E-state index contributed by atoms with van der Waals surface area (Å²) < 4.78 is 5.61. The van der Waals surface area contributed by atoms with E-state index >= 15 is 0 Å². The fourth-order valence-corrected chi connectivity index (χ4v) is 3.14. The largest absolute Gasteiger partial charge is 0.491 e. The number of hydrogen-bond donors (Lipinski definition) is 0. The number of rotatable bonds is 3. The molecule has 1 aromatic carbocycles. The fourth-order valence-electron chi connectivity index (χ4n) is 3.14. The molecule has 1 aromatic rings. The first-order valence-electron chi connectivity index (χ1n) is 7.41. The van der Waals surface area contributed by atoms with Crippen molar-refractivity contribution in [2.45, 2.75) is 51.3 Å². The maximum Gasteiger partial charge on any atom is 0.254 e. The Labute approximate surface area is 120 Å². The van der Waals surface area contributed by atoms with E-state index in [9.17, 15) is 4.79 Å². The lowest BCUT2D eigenvalue weighted by Crippen LogP contribution is -2.42. The zero-order valence-electron chi connectivity index (χ0n) is 12.1. The number of hydrogen-bond acceptors (Lipinski definition) is 2. The Morgan fingerprint density at radius 2 is 2.00 bits per heavy atom. The molecule has 1 saturated heterocycles. The van der Waals surface area contributed by atoms with Crippen LogP contribution < -0.4 is 4.74 Å². The summed E-state index contributed by atoms with van der Waals surface area (Å²) in [5.74, 6) is 0.969. The van der Waals surface area contributed by atoms with Crippen LogP contribution in [0, 0.1) is 0 Å². The van der Waals surface area contributed by atoms with E-state index in [0.717, 1.165) is 30.6 Å². The van der Waals surface area contributed by atoms with Crippen molar-refractivity contribution >= 4 is 5.91 Å². The van der Waals surface area contributed by atoms with Crippen LogP contribution in [0.3, 0.4) is 0 Å². The molecule has 1 amide bonds. The van der Waals surface area contributed by atoms with Crippen molar-refractivity contribution in [3.63, 3.8) is 0 Å². The van der Waals surface area contributed by atoms with Crippen molar-refractivity contribution in [3.05, 3.63) is 42.0 Å². The maximum absolute atomic E-state index is 12.6. The maximum atomic E-state index is 12.6. The molecule has 3 rings (SSSR count). The molecule has 0 spiro atoms. The number of benzene rings is 1. The van der Waals surface area contributed by atoms with E-state index in [4.69, 9.17) is 4.74 Å². The van der Waals surface area contributed by atoms with Crippen LogP contribution in [0.5, 0.6) is 5.75 Å². The molecule has 0 N–H and O–H groups in total. The minimum Gasteiger partial charge on any atom is -0.491 e. The number of carbonyl (C=O) groups excluding carboxylic acids is 1. The van der Waals surface area contributed by atoms with Gasteiger partial charge >= 0.3 is 0 Å². The van der Waals surface area contributed by atoms with Crippen LogP contribution in [0.25, 0.3) is 0 Å². The highest BCUT2D eigenvalue weighted by molar-refractivity contribution is 5.95. The Hall–Kier alpha value is -1.77. The molecular weight excluding hydrogens is 250 g/mol. The van der Waals surface area contributed by atoms with Crippen LogP contribution in [0.1, 0.15) is 43.5 Å². The van der Waals surface area contributed by atoms with Crippen LogP contribution in [-0.2, 0) is 0 Å². The zero-order chi connectivity index (χ0) is 14.1. The van der Waals surface area contributed by atoms with Crippen molar-refractivity contribution < 1.29 is 9.53 Å². The van der Waals surface area contributed by atoms with Gasteiger partial charge in [0.05, 0.1) is 12.1 Å². The lowest BCUT2D eigenvalue weighted by molar-refractivity contribution is 0.0689. The average molecular weight is 271 g/mol. The summed E-state index contributed by atoms with van der Waals surface area (Å²) in [5.41, 5.74) is 0.758. The van der Waals surface area contributed by atoms with E-state index in [1.807, 2.05) is 38.1 Å². The Bertz CT molecular complexity index is 518. The van der Waals surface area contributed by atoms with E-state index in [2.05, 4.69) is 17.1 Å². The summed E-state index contributed by atoms with van der Waals surface area (Å²) in [6.45, 7) is 3.99. The van der Waals surface area contributed by atoms with Crippen LogP contribution in [0.4, 0.5) is 0 Å².